The second-order valence-electron chi connectivity index (χ2n) is 12.0. The van der Waals surface area contributed by atoms with Crippen molar-refractivity contribution in [2.75, 3.05) is 13.1 Å². The van der Waals surface area contributed by atoms with Gasteiger partial charge in [-0.1, -0.05) is 74.4 Å². The van der Waals surface area contributed by atoms with Crippen LogP contribution in [0.4, 0.5) is 0 Å². The van der Waals surface area contributed by atoms with Crippen molar-refractivity contribution < 1.29 is 27.0 Å². The summed E-state index contributed by atoms with van der Waals surface area (Å²) < 4.78 is 0. The second-order valence-corrected chi connectivity index (χ2v) is 12.0. The Morgan fingerprint density at radius 1 is 0.657 bits per heavy atom. The molecule has 0 unspecified atom stereocenters. The molecular weight excluding hydrogens is 479 g/mol. The van der Waals surface area contributed by atoms with Gasteiger partial charge in [-0.25, -0.2) is 0 Å². The normalized spacial score (nSPS) is 12.6. The van der Waals surface area contributed by atoms with Gasteiger partial charge in [-0.2, -0.15) is 0 Å². The monoisotopic (exact) mass is 524 g/mol. The van der Waals surface area contributed by atoms with Gasteiger partial charge in [0.25, 0.3) is 0 Å². The molecule has 0 bridgehead atoms. The molecule has 0 saturated carbocycles. The first-order valence-corrected chi connectivity index (χ1v) is 11.7. The molecule has 2 rings (SSSR count). The number of aromatic hydroxyl groups is 2. The Kier molecular flexibility index (Phi) is 11.5. The van der Waals surface area contributed by atoms with Crippen molar-refractivity contribution >= 4 is 12.4 Å². The molecule has 5 heteroatoms. The zero-order valence-electron chi connectivity index (χ0n) is 23.5. The van der Waals surface area contributed by atoms with Gasteiger partial charge >= 0.3 is 0 Å². The van der Waals surface area contributed by atoms with Crippen molar-refractivity contribution in [1.82, 2.24) is 0 Å². The molecular formula is C30H45CoN2O2-. The summed E-state index contributed by atoms with van der Waals surface area (Å²) in [5, 5.41) is 21.5. The Bertz CT molecular complexity index is 1050. The summed E-state index contributed by atoms with van der Waals surface area (Å²) >= 11 is 0. The molecule has 0 fully saturated rings. The molecule has 0 aliphatic carbocycles. The molecule has 2 aromatic rings. The van der Waals surface area contributed by atoms with Gasteiger partial charge in [-0.15, -0.1) is 0 Å². The largest absolute Gasteiger partial charge is 0.507 e. The van der Waals surface area contributed by atoms with Crippen molar-refractivity contribution in [3.63, 3.8) is 0 Å². The van der Waals surface area contributed by atoms with Crippen LogP contribution in [0.25, 0.3) is 0 Å². The third-order valence-electron chi connectivity index (χ3n) is 5.72. The van der Waals surface area contributed by atoms with E-state index in [2.05, 4.69) is 78.4 Å². The number of hydrogen-bond acceptors (Lipinski definition) is 4. The van der Waals surface area contributed by atoms with Crippen molar-refractivity contribution in [2.45, 2.75) is 85.5 Å². The molecule has 2 N–H and O–H groups in total. The Labute approximate surface area is 224 Å². The van der Waals surface area contributed by atoms with Crippen LogP contribution >= 0.6 is 0 Å². The minimum atomic E-state index is -0.167. The van der Waals surface area contributed by atoms with Crippen molar-refractivity contribution in [3.8, 4) is 11.5 Å². The van der Waals surface area contributed by atoms with E-state index in [1.807, 2.05) is 25.1 Å². The van der Waals surface area contributed by atoms with Crippen LogP contribution in [0.5, 0.6) is 11.5 Å². The average Bonchev–Trinajstić information content (AvgIpc) is 2.65. The molecule has 0 aliphatic rings. The molecule has 1 radical (unpaired) electrons. The van der Waals surface area contributed by atoms with Gasteiger partial charge in [0.05, 0.1) is 13.1 Å². The predicted molar refractivity (Wildman–Crippen MR) is 148 cm³/mol. The van der Waals surface area contributed by atoms with E-state index in [0.29, 0.717) is 24.6 Å². The quantitative estimate of drug-likeness (QED) is 0.245. The maximum Gasteiger partial charge on any atom is 0.128 e. The molecule has 0 spiro atoms. The van der Waals surface area contributed by atoms with Crippen LogP contribution in [0.3, 0.4) is 0 Å². The summed E-state index contributed by atoms with van der Waals surface area (Å²) in [6.07, 6.45) is 3.47. The van der Waals surface area contributed by atoms with Gasteiger partial charge in [-0.3, -0.25) is 9.98 Å². The number of nitrogens with zero attached hydrogens (tertiary/aromatic N) is 2. The summed E-state index contributed by atoms with van der Waals surface area (Å²) in [5.41, 5.74) is 5.26. The van der Waals surface area contributed by atoms with E-state index in [-0.39, 0.29) is 40.5 Å². The molecule has 0 atom stereocenters. The van der Waals surface area contributed by atoms with Crippen LogP contribution in [0.2, 0.25) is 0 Å². The van der Waals surface area contributed by atoms with Crippen LogP contribution in [0.1, 0.15) is 95.7 Å². The van der Waals surface area contributed by atoms with Crippen LogP contribution < -0.4 is 0 Å². The zero-order chi connectivity index (χ0) is 25.2. The molecule has 197 valence electrons. The standard InChI is InChI=1S/C29H42N2O2.CH3.Co/c1-19-13-20(25(32)23(14-19)28(5,6)7)17-30-11-12-31-18-21-15-22(27(2,3)4)16-24(26(21)33)29(8,9)10;;/h13-18,32-33H,11-12H2,1-10H3;1H3;/q;-1;. The topological polar surface area (TPSA) is 65.2 Å². The third kappa shape index (κ3) is 8.80. The number of phenolic OH excluding ortho intramolecular Hbond substituents is 2. The molecule has 0 heterocycles. The van der Waals surface area contributed by atoms with E-state index >= 15 is 0 Å². The molecule has 0 aliphatic heterocycles. The van der Waals surface area contributed by atoms with Gasteiger partial charge in [0.2, 0.25) is 0 Å². The Balaban J connectivity index is 0.00000578. The summed E-state index contributed by atoms with van der Waals surface area (Å²) in [6.45, 7) is 22.1. The van der Waals surface area contributed by atoms with E-state index in [1.165, 1.54) is 5.56 Å². The smallest absolute Gasteiger partial charge is 0.128 e. The molecule has 4 nitrogen and oxygen atoms in total. The molecule has 0 aromatic heterocycles. The van der Waals surface area contributed by atoms with Gasteiger partial charge in [-0.05, 0) is 46.4 Å². The summed E-state index contributed by atoms with van der Waals surface area (Å²) in [7, 11) is 0. The first-order chi connectivity index (χ1) is 15.0. The van der Waals surface area contributed by atoms with Gasteiger partial charge < -0.3 is 17.6 Å². The van der Waals surface area contributed by atoms with Crippen molar-refractivity contribution in [2.24, 2.45) is 9.98 Å². The van der Waals surface area contributed by atoms with Crippen LogP contribution in [-0.2, 0) is 33.0 Å². The Morgan fingerprint density at radius 2 is 1.06 bits per heavy atom. The molecule has 2 aromatic carbocycles. The van der Waals surface area contributed by atoms with Crippen LogP contribution in [-0.4, -0.2) is 35.7 Å². The van der Waals surface area contributed by atoms with E-state index in [4.69, 9.17) is 0 Å². The number of phenols is 2. The first-order valence-electron chi connectivity index (χ1n) is 11.7. The predicted octanol–water partition coefficient (Wildman–Crippen LogP) is 7.28. The molecule has 0 amide bonds. The Morgan fingerprint density at radius 3 is 1.46 bits per heavy atom. The zero-order valence-corrected chi connectivity index (χ0v) is 24.5. The van der Waals surface area contributed by atoms with Crippen LogP contribution in [0.15, 0.2) is 34.3 Å². The minimum Gasteiger partial charge on any atom is -0.507 e. The molecule has 35 heavy (non-hydrogen) atoms. The second kappa shape index (κ2) is 12.2. The first kappa shape index (κ1) is 32.9. The van der Waals surface area contributed by atoms with Crippen molar-refractivity contribution in [3.05, 3.63) is 65.1 Å². The minimum absolute atomic E-state index is 0. The average molecular weight is 525 g/mol. The number of hydrogen-bond donors (Lipinski definition) is 2. The summed E-state index contributed by atoms with van der Waals surface area (Å²) in [4.78, 5) is 8.99. The third-order valence-corrected chi connectivity index (χ3v) is 5.72. The van der Waals surface area contributed by atoms with E-state index in [9.17, 15) is 10.2 Å². The summed E-state index contributed by atoms with van der Waals surface area (Å²) in [6, 6.07) is 8.11. The van der Waals surface area contributed by atoms with E-state index in [1.54, 1.807) is 12.4 Å². The molecule has 0 saturated heterocycles. The fourth-order valence-electron chi connectivity index (χ4n) is 3.68. The summed E-state index contributed by atoms with van der Waals surface area (Å²) in [5.74, 6) is 0.584. The van der Waals surface area contributed by atoms with Gasteiger partial charge in [0.15, 0.2) is 0 Å². The number of benzene rings is 2. The SMILES string of the molecule is Cc1cc(C=NCCN=Cc2cc(C(C)(C)C)cc(C(C)(C)C)c2O)c(O)c(C(C)(C)C)c1.[CH3-].[Co]. The fourth-order valence-corrected chi connectivity index (χ4v) is 3.68. The van der Waals surface area contributed by atoms with Gasteiger partial charge in [0, 0.05) is 51.5 Å². The fraction of sp³-hybridized carbons (Fsp3) is 0.500. The van der Waals surface area contributed by atoms with Crippen LogP contribution in [0, 0.1) is 14.4 Å². The maximum atomic E-state index is 10.9. The van der Waals surface area contributed by atoms with E-state index < -0.39 is 0 Å². The number of aliphatic imine (C=N–C) groups is 2. The number of aryl methyl sites for hydroxylation is 1. The van der Waals surface area contributed by atoms with Gasteiger partial charge in [0.1, 0.15) is 11.5 Å². The maximum absolute atomic E-state index is 10.9. The number of rotatable bonds is 5. The Hall–Kier alpha value is -2.11. The van der Waals surface area contributed by atoms with E-state index in [0.717, 1.165) is 27.8 Å². The van der Waals surface area contributed by atoms with Crippen molar-refractivity contribution in [1.29, 1.82) is 0 Å².